The van der Waals surface area contributed by atoms with Crippen molar-refractivity contribution in [2.45, 2.75) is 38.2 Å². The predicted octanol–water partition coefficient (Wildman–Crippen LogP) is 3.07. The molecule has 1 aromatic carbocycles. The fraction of sp³-hybridized carbons (Fsp3) is 0.471. The predicted molar refractivity (Wildman–Crippen MR) is 80.9 cm³/mol. The molecule has 0 heterocycles. The number of carbonyl (C=O) groups is 1. The number of fused-ring (bicyclic) bond motifs is 1. The molecule has 0 bridgehead atoms. The molecule has 0 radical (unpaired) electrons. The summed E-state index contributed by atoms with van der Waals surface area (Å²) in [6.07, 6.45) is 4.60. The second-order valence-electron chi connectivity index (χ2n) is 5.37. The van der Waals surface area contributed by atoms with Crippen molar-refractivity contribution in [2.24, 2.45) is 0 Å². The minimum absolute atomic E-state index is 0.262. The summed E-state index contributed by atoms with van der Waals surface area (Å²) in [5.41, 5.74) is 1.68. The molecule has 0 spiro atoms. The topological polar surface area (TPSA) is 44.8 Å². The molecule has 21 heavy (non-hydrogen) atoms. The molecule has 0 N–H and O–H groups in total. The summed E-state index contributed by atoms with van der Waals surface area (Å²) < 4.78 is 16.5. The van der Waals surface area contributed by atoms with Crippen molar-refractivity contribution >= 4 is 5.97 Å². The molecule has 1 aliphatic rings. The van der Waals surface area contributed by atoms with Gasteiger partial charge in [-0.1, -0.05) is 6.08 Å². The Hall–Kier alpha value is -1.97. The van der Waals surface area contributed by atoms with E-state index in [1.807, 2.05) is 12.1 Å². The van der Waals surface area contributed by atoms with Crippen LogP contribution >= 0.6 is 0 Å². The maximum atomic E-state index is 11.5. The van der Waals surface area contributed by atoms with E-state index in [9.17, 15) is 4.79 Å². The molecule has 0 fully saturated rings. The minimum atomic E-state index is -0.528. The molecule has 4 nitrogen and oxygen atoms in total. The van der Waals surface area contributed by atoms with Crippen LogP contribution in [0.5, 0.6) is 11.5 Å². The van der Waals surface area contributed by atoms with E-state index in [0.29, 0.717) is 12.8 Å². The highest BCUT2D eigenvalue weighted by Gasteiger charge is 2.38. The van der Waals surface area contributed by atoms with E-state index in [0.717, 1.165) is 35.5 Å². The summed E-state index contributed by atoms with van der Waals surface area (Å²) in [5.74, 6) is 1.41. The lowest BCUT2D eigenvalue weighted by atomic mass is 9.77. The number of rotatable bonds is 5. The van der Waals surface area contributed by atoms with Gasteiger partial charge in [-0.3, -0.25) is 4.79 Å². The second kappa shape index (κ2) is 6.20. The van der Waals surface area contributed by atoms with E-state index >= 15 is 0 Å². The Balaban J connectivity index is 2.45. The molecule has 4 heteroatoms. The minimum Gasteiger partial charge on any atom is -0.496 e. The van der Waals surface area contributed by atoms with Gasteiger partial charge in [0, 0.05) is 30.9 Å². The summed E-state index contributed by atoms with van der Waals surface area (Å²) in [6, 6.07) is 3.82. The van der Waals surface area contributed by atoms with Crippen LogP contribution in [0.3, 0.4) is 0 Å². The molecule has 0 amide bonds. The van der Waals surface area contributed by atoms with Crippen LogP contribution in [-0.4, -0.2) is 25.8 Å². The van der Waals surface area contributed by atoms with Gasteiger partial charge in [-0.15, -0.1) is 6.58 Å². The highest BCUT2D eigenvalue weighted by atomic mass is 16.6. The van der Waals surface area contributed by atoms with Gasteiger partial charge >= 0.3 is 5.97 Å². The SMILES string of the molecule is C=CC[C@@]1(OC(C)=O)CCc2c(OC)ccc(OC)c2C1. The third kappa shape index (κ3) is 3.04. The van der Waals surface area contributed by atoms with Crippen molar-refractivity contribution in [2.75, 3.05) is 14.2 Å². The zero-order chi connectivity index (χ0) is 15.5. The maximum Gasteiger partial charge on any atom is 0.303 e. The third-order valence-electron chi connectivity index (χ3n) is 3.99. The molecule has 0 saturated heterocycles. The average Bonchev–Trinajstić information content (AvgIpc) is 2.45. The molecule has 0 aliphatic heterocycles. The van der Waals surface area contributed by atoms with Gasteiger partial charge in [0.25, 0.3) is 0 Å². The Morgan fingerprint density at radius 2 is 1.90 bits per heavy atom. The lowest BCUT2D eigenvalue weighted by Crippen LogP contribution is -2.40. The third-order valence-corrected chi connectivity index (χ3v) is 3.99. The first-order valence-corrected chi connectivity index (χ1v) is 7.08. The normalized spacial score (nSPS) is 20.3. The summed E-state index contributed by atoms with van der Waals surface area (Å²) in [5, 5.41) is 0. The molecule has 0 unspecified atom stereocenters. The van der Waals surface area contributed by atoms with Crippen molar-refractivity contribution in [3.8, 4) is 11.5 Å². The molecular weight excluding hydrogens is 268 g/mol. The smallest absolute Gasteiger partial charge is 0.303 e. The van der Waals surface area contributed by atoms with E-state index in [-0.39, 0.29) is 5.97 Å². The van der Waals surface area contributed by atoms with E-state index < -0.39 is 5.60 Å². The van der Waals surface area contributed by atoms with Crippen LogP contribution in [0, 0.1) is 0 Å². The van der Waals surface area contributed by atoms with Crippen LogP contribution in [0.1, 0.15) is 30.9 Å². The van der Waals surface area contributed by atoms with Gasteiger partial charge in [-0.2, -0.15) is 0 Å². The zero-order valence-corrected chi connectivity index (χ0v) is 12.9. The van der Waals surface area contributed by atoms with E-state index in [2.05, 4.69) is 6.58 Å². The Labute approximate surface area is 125 Å². The molecule has 1 aromatic rings. The second-order valence-corrected chi connectivity index (χ2v) is 5.37. The van der Waals surface area contributed by atoms with Gasteiger partial charge in [0.2, 0.25) is 0 Å². The number of hydrogen-bond acceptors (Lipinski definition) is 4. The van der Waals surface area contributed by atoms with Crippen molar-refractivity contribution < 1.29 is 19.0 Å². The zero-order valence-electron chi connectivity index (χ0n) is 12.9. The monoisotopic (exact) mass is 290 g/mol. The van der Waals surface area contributed by atoms with Gasteiger partial charge < -0.3 is 14.2 Å². The average molecular weight is 290 g/mol. The van der Waals surface area contributed by atoms with Crippen LogP contribution < -0.4 is 9.47 Å². The molecule has 0 saturated carbocycles. The van der Waals surface area contributed by atoms with Crippen molar-refractivity contribution in [1.29, 1.82) is 0 Å². The van der Waals surface area contributed by atoms with Crippen LogP contribution in [0.2, 0.25) is 0 Å². The summed E-state index contributed by atoms with van der Waals surface area (Å²) in [6.45, 7) is 5.24. The van der Waals surface area contributed by atoms with Gasteiger partial charge in [0.1, 0.15) is 17.1 Å². The van der Waals surface area contributed by atoms with Crippen molar-refractivity contribution in [1.82, 2.24) is 0 Å². The number of benzene rings is 1. The number of hydrogen-bond donors (Lipinski definition) is 0. The van der Waals surface area contributed by atoms with Gasteiger partial charge in [0.05, 0.1) is 14.2 Å². The number of carbonyl (C=O) groups excluding carboxylic acids is 1. The van der Waals surface area contributed by atoms with Crippen LogP contribution in [-0.2, 0) is 22.4 Å². The molecule has 114 valence electrons. The van der Waals surface area contributed by atoms with Gasteiger partial charge in [-0.25, -0.2) is 0 Å². The van der Waals surface area contributed by atoms with Crippen LogP contribution in [0.15, 0.2) is 24.8 Å². The summed E-state index contributed by atoms with van der Waals surface area (Å²) in [4.78, 5) is 11.5. The first-order valence-electron chi connectivity index (χ1n) is 7.08. The fourth-order valence-corrected chi connectivity index (χ4v) is 3.13. The van der Waals surface area contributed by atoms with Gasteiger partial charge in [0.15, 0.2) is 0 Å². The number of methoxy groups -OCH3 is 2. The highest BCUT2D eigenvalue weighted by molar-refractivity contribution is 5.67. The van der Waals surface area contributed by atoms with Crippen molar-refractivity contribution in [3.63, 3.8) is 0 Å². The highest BCUT2D eigenvalue weighted by Crippen LogP contribution is 2.42. The molecule has 1 aliphatic carbocycles. The Bertz CT molecular complexity index is 550. The van der Waals surface area contributed by atoms with E-state index in [1.165, 1.54) is 6.92 Å². The maximum absolute atomic E-state index is 11.5. The van der Waals surface area contributed by atoms with E-state index in [4.69, 9.17) is 14.2 Å². The molecule has 0 aromatic heterocycles. The molecular formula is C17H22O4. The largest absolute Gasteiger partial charge is 0.496 e. The van der Waals surface area contributed by atoms with Crippen LogP contribution in [0.25, 0.3) is 0 Å². The first kappa shape index (κ1) is 15.4. The first-order chi connectivity index (χ1) is 10.0. The molecule has 1 atom stereocenters. The number of ether oxygens (including phenoxy) is 3. The Kier molecular flexibility index (Phi) is 4.56. The Morgan fingerprint density at radius 3 is 2.43 bits per heavy atom. The lowest BCUT2D eigenvalue weighted by molar-refractivity contribution is -0.158. The summed E-state index contributed by atoms with van der Waals surface area (Å²) >= 11 is 0. The van der Waals surface area contributed by atoms with Crippen LogP contribution in [0.4, 0.5) is 0 Å². The summed E-state index contributed by atoms with van der Waals surface area (Å²) in [7, 11) is 3.32. The standard InChI is InChI=1S/C17H22O4/c1-5-9-17(21-12(2)18)10-8-13-14(11-17)16(20-4)7-6-15(13)19-3/h5-7H,1,8-11H2,2-4H3/t17-/m1/s1. The number of esters is 1. The van der Waals surface area contributed by atoms with Crippen molar-refractivity contribution in [3.05, 3.63) is 35.9 Å². The lowest BCUT2D eigenvalue weighted by Gasteiger charge is -2.37. The fourth-order valence-electron chi connectivity index (χ4n) is 3.13. The van der Waals surface area contributed by atoms with E-state index in [1.54, 1.807) is 20.3 Å². The van der Waals surface area contributed by atoms with Gasteiger partial charge in [-0.05, 0) is 25.0 Å². The quantitative estimate of drug-likeness (QED) is 0.617. The molecule has 2 rings (SSSR count). The Morgan fingerprint density at radius 1 is 1.29 bits per heavy atom.